The van der Waals surface area contributed by atoms with Gasteiger partial charge in [0.15, 0.2) is 0 Å². The third kappa shape index (κ3) is 0.970. The molecule has 1 aromatic rings. The summed E-state index contributed by atoms with van der Waals surface area (Å²) in [5.41, 5.74) is 5.72. The molecule has 0 fully saturated rings. The van der Waals surface area contributed by atoms with Crippen LogP contribution in [-0.2, 0) is 0 Å². The van der Waals surface area contributed by atoms with Crippen LogP contribution in [0.1, 0.15) is 0 Å². The minimum Gasteiger partial charge on any atom is -0.392 e. The molecule has 0 aliphatic carbocycles. The van der Waals surface area contributed by atoms with Gasteiger partial charge in [-0.15, -0.1) is 0 Å². The molecule has 1 heterocycles. The molecule has 3 nitrogen and oxygen atoms in total. The third-order valence-corrected chi connectivity index (χ3v) is 0.937. The van der Waals surface area contributed by atoms with Crippen LogP contribution in [0.4, 0.5) is 11.5 Å². The number of hydrogen-bond acceptors (Lipinski definition) is 2. The van der Waals surface area contributed by atoms with Crippen molar-refractivity contribution in [1.82, 2.24) is 4.98 Å². The van der Waals surface area contributed by atoms with Gasteiger partial charge in [-0.3, -0.25) is 4.98 Å². The summed E-state index contributed by atoms with van der Waals surface area (Å²) in [4.78, 5) is 6.85. The first kappa shape index (κ1) is 5.57. The second-order valence-corrected chi connectivity index (χ2v) is 1.52. The molecule has 0 aromatic carbocycles. The summed E-state index contributed by atoms with van der Waals surface area (Å²) in [5, 5.41) is 0. The van der Waals surface area contributed by atoms with Crippen molar-refractivity contribution in [3.8, 4) is 0 Å². The topological polar surface area (TPSA) is 43.3 Å². The van der Waals surface area contributed by atoms with Gasteiger partial charge in [0.1, 0.15) is 5.82 Å². The second-order valence-electron chi connectivity index (χ2n) is 1.52. The summed E-state index contributed by atoms with van der Waals surface area (Å²) >= 11 is 0. The van der Waals surface area contributed by atoms with Gasteiger partial charge in [0.05, 0.1) is 6.57 Å². The Morgan fingerprint density at radius 3 is 2.89 bits per heavy atom. The summed E-state index contributed by atoms with van der Waals surface area (Å²) in [7, 11) is 0. The molecule has 0 aliphatic rings. The molecule has 3 heteroatoms. The minimum atomic E-state index is 0.299. The maximum atomic E-state index is 6.59. The van der Waals surface area contributed by atoms with Crippen LogP contribution in [0, 0.1) is 6.57 Å². The predicted octanol–water partition coefficient (Wildman–Crippen LogP) is 1.21. The van der Waals surface area contributed by atoms with Gasteiger partial charge in [-0.1, -0.05) is 12.1 Å². The quantitative estimate of drug-likeness (QED) is 0.521. The second kappa shape index (κ2) is 2.14. The third-order valence-electron chi connectivity index (χ3n) is 0.937. The molecule has 0 unspecified atom stereocenters. The van der Waals surface area contributed by atoms with Gasteiger partial charge < -0.3 is 5.73 Å². The first-order valence-corrected chi connectivity index (χ1v) is 2.42. The highest BCUT2D eigenvalue weighted by Crippen LogP contribution is 2.16. The van der Waals surface area contributed by atoms with Crippen molar-refractivity contribution in [2.45, 2.75) is 0 Å². The van der Waals surface area contributed by atoms with E-state index in [1.165, 1.54) is 0 Å². The average Bonchev–Trinajstić information content (AvgIpc) is 1.89. The maximum absolute atomic E-state index is 6.59. The molecule has 0 saturated carbocycles. The van der Waals surface area contributed by atoms with Crippen molar-refractivity contribution in [1.29, 1.82) is 0 Å². The Hall–Kier alpha value is -1.56. The van der Waals surface area contributed by atoms with E-state index < -0.39 is 0 Å². The van der Waals surface area contributed by atoms with Gasteiger partial charge in [0.2, 0.25) is 5.69 Å². The summed E-state index contributed by atoms with van der Waals surface area (Å²) in [5.74, 6) is 0.299. The lowest BCUT2D eigenvalue weighted by molar-refractivity contribution is 1.35. The van der Waals surface area contributed by atoms with Crippen molar-refractivity contribution in [2.75, 3.05) is 5.73 Å². The number of pyridine rings is 1. The van der Waals surface area contributed by atoms with E-state index in [4.69, 9.17) is 12.3 Å². The molecule has 44 valence electrons. The molecule has 0 aliphatic heterocycles. The standard InChI is InChI=1S/C6H5N3/c1-8-5-3-2-4-9-6(5)7/h2-4H,(H2,7,9). The van der Waals surface area contributed by atoms with Gasteiger partial charge in [-0.05, 0) is 0 Å². The predicted molar refractivity (Wildman–Crippen MR) is 34.9 cm³/mol. The van der Waals surface area contributed by atoms with E-state index in [1.807, 2.05) is 0 Å². The molecule has 1 rings (SSSR count). The molecule has 0 atom stereocenters. The van der Waals surface area contributed by atoms with Crippen LogP contribution in [-0.4, -0.2) is 4.98 Å². The largest absolute Gasteiger partial charge is 0.392 e. The number of nitrogens with zero attached hydrogens (tertiary/aromatic N) is 2. The monoisotopic (exact) mass is 119 g/mol. The summed E-state index contributed by atoms with van der Waals surface area (Å²) in [6, 6.07) is 3.32. The fraction of sp³-hybridized carbons (Fsp3) is 0. The highest BCUT2D eigenvalue weighted by molar-refractivity contribution is 5.61. The normalized spacial score (nSPS) is 8.33. The molecule has 1 aromatic heterocycles. The molecular weight excluding hydrogens is 114 g/mol. The fourth-order valence-electron chi connectivity index (χ4n) is 0.504. The van der Waals surface area contributed by atoms with Crippen molar-refractivity contribution >= 4 is 11.5 Å². The Balaban J connectivity index is 3.20. The van der Waals surface area contributed by atoms with Crippen LogP contribution in [0.25, 0.3) is 4.85 Å². The number of nitrogen functional groups attached to an aromatic ring is 1. The zero-order chi connectivity index (χ0) is 6.69. The van der Waals surface area contributed by atoms with Crippen LogP contribution in [0.5, 0.6) is 0 Å². The highest BCUT2D eigenvalue weighted by atomic mass is 14.9. The molecule has 0 spiro atoms. The number of hydrogen-bond donors (Lipinski definition) is 1. The summed E-state index contributed by atoms with van der Waals surface area (Å²) in [6.07, 6.45) is 1.56. The first-order chi connectivity index (χ1) is 4.34. The molecule has 2 N–H and O–H groups in total. The smallest absolute Gasteiger partial charge is 0.227 e. The summed E-state index contributed by atoms with van der Waals surface area (Å²) in [6.45, 7) is 6.59. The van der Waals surface area contributed by atoms with E-state index in [0.717, 1.165) is 0 Å². The number of nitrogens with two attached hydrogens (primary N) is 1. The summed E-state index contributed by atoms with van der Waals surface area (Å²) < 4.78 is 0. The van der Waals surface area contributed by atoms with Crippen molar-refractivity contribution < 1.29 is 0 Å². The van der Waals surface area contributed by atoms with E-state index in [1.54, 1.807) is 18.3 Å². The number of aromatic nitrogens is 1. The van der Waals surface area contributed by atoms with Crippen LogP contribution in [0.15, 0.2) is 18.3 Å². The molecule has 0 radical (unpaired) electrons. The van der Waals surface area contributed by atoms with Crippen LogP contribution < -0.4 is 5.73 Å². The van der Waals surface area contributed by atoms with Crippen LogP contribution >= 0.6 is 0 Å². The van der Waals surface area contributed by atoms with Crippen molar-refractivity contribution in [3.63, 3.8) is 0 Å². The van der Waals surface area contributed by atoms with E-state index in [2.05, 4.69) is 9.83 Å². The van der Waals surface area contributed by atoms with Crippen molar-refractivity contribution in [2.24, 2.45) is 0 Å². The molecule has 9 heavy (non-hydrogen) atoms. The molecule has 0 saturated heterocycles. The average molecular weight is 119 g/mol. The maximum Gasteiger partial charge on any atom is 0.227 e. The van der Waals surface area contributed by atoms with E-state index in [-0.39, 0.29) is 0 Å². The highest BCUT2D eigenvalue weighted by Gasteiger charge is 1.93. The fourth-order valence-corrected chi connectivity index (χ4v) is 0.504. The van der Waals surface area contributed by atoms with E-state index in [0.29, 0.717) is 11.5 Å². The van der Waals surface area contributed by atoms with Crippen LogP contribution in [0.3, 0.4) is 0 Å². The number of anilines is 1. The Morgan fingerprint density at radius 2 is 2.44 bits per heavy atom. The van der Waals surface area contributed by atoms with E-state index >= 15 is 0 Å². The van der Waals surface area contributed by atoms with Crippen molar-refractivity contribution in [3.05, 3.63) is 29.7 Å². The van der Waals surface area contributed by atoms with Gasteiger partial charge in [0, 0.05) is 6.20 Å². The lowest BCUT2D eigenvalue weighted by Crippen LogP contribution is -1.86. The Morgan fingerprint density at radius 1 is 1.67 bits per heavy atom. The lowest BCUT2D eigenvalue weighted by Gasteiger charge is -1.90. The zero-order valence-corrected chi connectivity index (χ0v) is 4.70. The Kier molecular flexibility index (Phi) is 1.32. The minimum absolute atomic E-state index is 0.299. The Bertz CT molecular complexity index is 249. The van der Waals surface area contributed by atoms with Gasteiger partial charge in [-0.25, -0.2) is 4.85 Å². The molecule has 0 bridgehead atoms. The Labute approximate surface area is 53.0 Å². The van der Waals surface area contributed by atoms with Gasteiger partial charge in [0.25, 0.3) is 0 Å². The van der Waals surface area contributed by atoms with Crippen LogP contribution in [0.2, 0.25) is 0 Å². The lowest BCUT2D eigenvalue weighted by atomic mass is 10.4. The van der Waals surface area contributed by atoms with Gasteiger partial charge >= 0.3 is 0 Å². The number of rotatable bonds is 0. The van der Waals surface area contributed by atoms with E-state index in [9.17, 15) is 0 Å². The van der Waals surface area contributed by atoms with Gasteiger partial charge in [-0.2, -0.15) is 0 Å². The first-order valence-electron chi connectivity index (χ1n) is 2.42. The molecule has 0 amide bonds. The molecular formula is C6H5N3. The zero-order valence-electron chi connectivity index (χ0n) is 4.70. The SMILES string of the molecule is [C-]#[N+]c1cccnc1N.